The van der Waals surface area contributed by atoms with Gasteiger partial charge in [0.25, 0.3) is 0 Å². The number of thiazole rings is 1. The van der Waals surface area contributed by atoms with E-state index in [0.717, 1.165) is 58.5 Å². The predicted molar refractivity (Wildman–Crippen MR) is 130 cm³/mol. The van der Waals surface area contributed by atoms with E-state index in [1.54, 1.807) is 17.5 Å². The molecule has 0 unspecified atom stereocenters. The van der Waals surface area contributed by atoms with Crippen LogP contribution in [0, 0.1) is 0 Å². The number of aromatic nitrogens is 3. The second-order valence-electron chi connectivity index (χ2n) is 7.62. The fraction of sp³-hybridized carbons (Fsp3) is 0.409. The first-order chi connectivity index (χ1) is 14.7. The van der Waals surface area contributed by atoms with Gasteiger partial charge in [0.2, 0.25) is 0 Å². The van der Waals surface area contributed by atoms with Crippen molar-refractivity contribution in [1.29, 1.82) is 0 Å². The van der Waals surface area contributed by atoms with E-state index in [4.69, 9.17) is 4.98 Å². The van der Waals surface area contributed by atoms with Crippen molar-refractivity contribution in [2.75, 3.05) is 31.1 Å². The minimum absolute atomic E-state index is 0.832. The highest BCUT2D eigenvalue weighted by Crippen LogP contribution is 2.37. The standard InChI is InChI=1S/C22H28N6S2/c1-17-21-20(9-13-27(17)19-15-24-28(29)16-19)25-22(30-21)18(14-23-2)8-4-7-12-26-10-5-3-6-11-26/h4,8,14-16,29H,1-3,5-7,9-13H2/b8-4-,18-14+. The van der Waals surface area contributed by atoms with Crippen molar-refractivity contribution >= 4 is 47.8 Å². The molecule has 2 aromatic heterocycles. The van der Waals surface area contributed by atoms with Crippen molar-refractivity contribution in [3.8, 4) is 0 Å². The number of hydrogen-bond donors (Lipinski definition) is 1. The SMILES string of the molecule is C=N/C=C(\C=C/CCN1CCCCC1)c1nc2c(s1)C(=C)N(c1cnn(S)c1)CC2. The first-order valence-electron chi connectivity index (χ1n) is 10.4. The molecular weight excluding hydrogens is 412 g/mol. The summed E-state index contributed by atoms with van der Waals surface area (Å²) in [5.74, 6) is 0. The minimum Gasteiger partial charge on any atom is -0.338 e. The molecule has 1 saturated heterocycles. The summed E-state index contributed by atoms with van der Waals surface area (Å²) in [6, 6.07) is 0. The molecule has 2 aromatic rings. The summed E-state index contributed by atoms with van der Waals surface area (Å²) < 4.78 is 1.52. The van der Waals surface area contributed by atoms with Crippen molar-refractivity contribution < 1.29 is 0 Å². The van der Waals surface area contributed by atoms with E-state index in [1.165, 1.54) is 36.4 Å². The van der Waals surface area contributed by atoms with Gasteiger partial charge in [-0.25, -0.2) is 9.07 Å². The molecule has 0 aliphatic carbocycles. The molecule has 4 heterocycles. The number of allylic oxidation sites excluding steroid dienone is 2. The second kappa shape index (κ2) is 9.76. The van der Waals surface area contributed by atoms with Gasteiger partial charge in [-0.3, -0.25) is 4.99 Å². The summed E-state index contributed by atoms with van der Waals surface area (Å²) in [7, 11) is 0. The van der Waals surface area contributed by atoms with Crippen LogP contribution in [0.5, 0.6) is 0 Å². The highest BCUT2D eigenvalue weighted by molar-refractivity contribution is 7.78. The van der Waals surface area contributed by atoms with Crippen molar-refractivity contribution in [1.82, 2.24) is 19.1 Å². The van der Waals surface area contributed by atoms with Crippen molar-refractivity contribution in [2.45, 2.75) is 32.1 Å². The lowest BCUT2D eigenvalue weighted by molar-refractivity contribution is 0.233. The van der Waals surface area contributed by atoms with Crippen LogP contribution in [0.1, 0.15) is 41.3 Å². The van der Waals surface area contributed by atoms with E-state index in [0.29, 0.717) is 0 Å². The van der Waals surface area contributed by atoms with Crippen LogP contribution in [0.4, 0.5) is 5.69 Å². The lowest BCUT2D eigenvalue weighted by Crippen LogP contribution is -2.30. The summed E-state index contributed by atoms with van der Waals surface area (Å²) in [6.45, 7) is 12.4. The lowest BCUT2D eigenvalue weighted by atomic mass is 10.1. The Morgan fingerprint density at radius 1 is 1.27 bits per heavy atom. The largest absolute Gasteiger partial charge is 0.338 e. The van der Waals surface area contributed by atoms with Crippen LogP contribution in [-0.4, -0.2) is 52.0 Å². The second-order valence-corrected chi connectivity index (χ2v) is 9.03. The molecule has 0 radical (unpaired) electrons. The average Bonchev–Trinajstić information content (AvgIpc) is 3.38. The molecule has 0 bridgehead atoms. The fourth-order valence-electron chi connectivity index (χ4n) is 3.99. The van der Waals surface area contributed by atoms with Crippen molar-refractivity contribution in [3.63, 3.8) is 0 Å². The van der Waals surface area contributed by atoms with Crippen LogP contribution in [0.25, 0.3) is 11.3 Å². The topological polar surface area (TPSA) is 49.6 Å². The number of hydrogen-bond acceptors (Lipinski definition) is 7. The normalized spacial score (nSPS) is 18.2. The molecule has 4 rings (SSSR count). The number of anilines is 1. The summed E-state index contributed by atoms with van der Waals surface area (Å²) in [6.07, 6.45) is 15.8. The molecule has 1 fully saturated rings. The van der Waals surface area contributed by atoms with E-state index in [-0.39, 0.29) is 0 Å². The van der Waals surface area contributed by atoms with Gasteiger partial charge in [-0.1, -0.05) is 25.2 Å². The molecule has 6 nitrogen and oxygen atoms in total. The van der Waals surface area contributed by atoms with Gasteiger partial charge >= 0.3 is 0 Å². The Labute approximate surface area is 187 Å². The van der Waals surface area contributed by atoms with E-state index in [1.807, 2.05) is 12.4 Å². The fourth-order valence-corrected chi connectivity index (χ4v) is 5.24. The molecule has 0 N–H and O–H groups in total. The Kier molecular flexibility index (Phi) is 6.86. The molecule has 0 spiro atoms. The zero-order valence-electron chi connectivity index (χ0n) is 17.2. The smallest absolute Gasteiger partial charge is 0.125 e. The van der Waals surface area contributed by atoms with Gasteiger partial charge in [-0.15, -0.1) is 11.3 Å². The number of likely N-dealkylation sites (tertiary alicyclic amines) is 1. The predicted octanol–water partition coefficient (Wildman–Crippen LogP) is 4.54. The minimum atomic E-state index is 0.832. The molecule has 0 amide bonds. The van der Waals surface area contributed by atoms with E-state index >= 15 is 0 Å². The Bertz CT molecular complexity index is 964. The lowest BCUT2D eigenvalue weighted by Gasteiger charge is -2.28. The molecule has 158 valence electrons. The molecule has 0 saturated carbocycles. The molecular formula is C22H28N6S2. The van der Waals surface area contributed by atoms with E-state index < -0.39 is 0 Å². The summed E-state index contributed by atoms with van der Waals surface area (Å²) in [4.78, 5) is 14.8. The molecule has 0 atom stereocenters. The monoisotopic (exact) mass is 440 g/mol. The Hall–Kier alpha value is -2.16. The van der Waals surface area contributed by atoms with Gasteiger partial charge in [0.05, 0.1) is 34.3 Å². The van der Waals surface area contributed by atoms with Gasteiger partial charge in [-0.05, 0) is 51.9 Å². The maximum atomic E-state index is 4.90. The van der Waals surface area contributed by atoms with Crippen LogP contribution in [0.3, 0.4) is 0 Å². The van der Waals surface area contributed by atoms with Crippen LogP contribution in [0.15, 0.2) is 42.3 Å². The molecule has 0 aromatic carbocycles. The summed E-state index contributed by atoms with van der Waals surface area (Å²) in [5.41, 5.74) is 4.06. The maximum Gasteiger partial charge on any atom is 0.125 e. The highest BCUT2D eigenvalue weighted by Gasteiger charge is 2.26. The number of nitrogens with zero attached hydrogens (tertiary/aromatic N) is 6. The average molecular weight is 441 g/mol. The summed E-state index contributed by atoms with van der Waals surface area (Å²) >= 11 is 5.91. The van der Waals surface area contributed by atoms with Gasteiger partial charge in [0.1, 0.15) is 5.01 Å². The number of fused-ring (bicyclic) bond motifs is 1. The van der Waals surface area contributed by atoms with Crippen molar-refractivity contribution in [3.05, 3.63) is 52.9 Å². The number of thiol groups is 1. The maximum absolute atomic E-state index is 4.90. The van der Waals surface area contributed by atoms with Gasteiger partial charge in [0, 0.05) is 31.3 Å². The molecule has 2 aliphatic rings. The van der Waals surface area contributed by atoms with Crippen LogP contribution in [0.2, 0.25) is 0 Å². The van der Waals surface area contributed by atoms with E-state index in [2.05, 4.69) is 58.2 Å². The van der Waals surface area contributed by atoms with Crippen LogP contribution < -0.4 is 4.90 Å². The Balaban J connectivity index is 1.46. The Morgan fingerprint density at radius 3 is 2.83 bits per heavy atom. The van der Waals surface area contributed by atoms with Crippen molar-refractivity contribution in [2.24, 2.45) is 4.99 Å². The van der Waals surface area contributed by atoms with E-state index in [9.17, 15) is 0 Å². The van der Waals surface area contributed by atoms with Crippen LogP contribution >= 0.6 is 24.2 Å². The third-order valence-corrected chi connectivity index (χ3v) is 6.98. The quantitative estimate of drug-likeness (QED) is 0.390. The van der Waals surface area contributed by atoms with Gasteiger partial charge in [0.15, 0.2) is 0 Å². The van der Waals surface area contributed by atoms with Gasteiger partial charge in [-0.2, -0.15) is 5.10 Å². The summed E-state index contributed by atoms with van der Waals surface area (Å²) in [5, 5.41) is 5.13. The third kappa shape index (κ3) is 4.77. The van der Waals surface area contributed by atoms with Gasteiger partial charge < -0.3 is 9.80 Å². The first kappa shape index (κ1) is 21.1. The number of aliphatic imine (C=N–C) groups is 1. The van der Waals surface area contributed by atoms with Crippen LogP contribution in [-0.2, 0) is 6.42 Å². The number of rotatable bonds is 7. The zero-order valence-corrected chi connectivity index (χ0v) is 18.9. The highest BCUT2D eigenvalue weighted by atomic mass is 32.1. The zero-order chi connectivity index (χ0) is 20.9. The molecule has 8 heteroatoms. The third-order valence-electron chi connectivity index (χ3n) is 5.56. The Morgan fingerprint density at radius 2 is 2.10 bits per heavy atom. The first-order valence-corrected chi connectivity index (χ1v) is 11.6. The molecule has 2 aliphatic heterocycles. The molecule has 30 heavy (non-hydrogen) atoms. The number of piperidine rings is 1.